The van der Waals surface area contributed by atoms with Crippen molar-refractivity contribution in [3.63, 3.8) is 0 Å². The molecule has 2 rings (SSSR count). The highest BCUT2D eigenvalue weighted by atomic mass is 16.5. The molecule has 0 radical (unpaired) electrons. The number of ether oxygens (including phenoxy) is 2. The van der Waals surface area contributed by atoms with Gasteiger partial charge in [0, 0.05) is 27.8 Å². The van der Waals surface area contributed by atoms with E-state index in [-0.39, 0.29) is 53.8 Å². The van der Waals surface area contributed by atoms with Crippen molar-refractivity contribution in [2.75, 3.05) is 41.9 Å². The van der Waals surface area contributed by atoms with Crippen molar-refractivity contribution in [1.29, 1.82) is 0 Å². The predicted octanol–water partition coefficient (Wildman–Crippen LogP) is 5.66. The van der Waals surface area contributed by atoms with Crippen molar-refractivity contribution < 1.29 is 28.7 Å². The summed E-state index contributed by atoms with van der Waals surface area (Å²) in [5.41, 5.74) is 8.55. The molecule has 1 heterocycles. The molecule has 1 aliphatic heterocycles. The molecular formula is C46H80N6O6. The van der Waals surface area contributed by atoms with Crippen LogP contribution in [0.25, 0.3) is 0 Å². The quantitative estimate of drug-likeness (QED) is 0.0939. The molecule has 1 aliphatic carbocycles. The number of nitrogens with zero attached hydrogens (tertiary/aromatic N) is 3. The number of methoxy groups -OCH3 is 2. The van der Waals surface area contributed by atoms with E-state index >= 15 is 0 Å². The van der Waals surface area contributed by atoms with Crippen molar-refractivity contribution in [3.8, 4) is 0 Å². The monoisotopic (exact) mass is 813 g/mol. The second-order valence-corrected chi connectivity index (χ2v) is 16.7. The molecule has 10 atom stereocenters. The molecule has 1 saturated heterocycles. The summed E-state index contributed by atoms with van der Waals surface area (Å²) in [6.45, 7) is 26.2. The van der Waals surface area contributed by atoms with Crippen molar-refractivity contribution in [2.45, 2.75) is 142 Å². The topological polar surface area (TPSA) is 147 Å². The summed E-state index contributed by atoms with van der Waals surface area (Å²) in [5, 5.41) is 6.24. The SMILES string of the molecule is C=C.C=C/C(=C\C)[C@H](NC(=O)C(C)C(OC)[C@@H]1CCCN1C(=O)C[C@@H](OC)C(C(C)CC)N(C)C(=O)[C@@H](NC(=O)[C@H](C(C)C)N(C)C)C(C)C)C(N)C1=CCCC=C1. The van der Waals surface area contributed by atoms with Gasteiger partial charge in [-0.3, -0.25) is 24.1 Å². The molecule has 0 spiro atoms. The van der Waals surface area contributed by atoms with Gasteiger partial charge in [-0.25, -0.2) is 0 Å². The Balaban J connectivity index is 0.00000827. The molecule has 0 aromatic heterocycles. The molecule has 4 N–H and O–H groups in total. The standard InChI is InChI=1S/C44H76N6O6.C2H4/c1-15-29(8)40(49(12)44(54)37(27(4)5)46-43(53)39(28(6)7)48(10)11)34(55-13)26-35(51)50-25-21-24-33(50)41(56-14)30(9)42(52)47-38(31(16-2)17-3)36(45)32-22-19-18-20-23-32;1-2/h16-17,19,22-23,27-30,33-34,36-41H,2,15,18,20-21,24-26,45H2,1,3-14H3,(H,46,53)(H,47,52);1-2H2/b31-17+;/t29?,30?,33-,34+,36?,37-,38-,39-,40?,41?;/m0./s1. The zero-order valence-electron chi connectivity index (χ0n) is 38.3. The Morgan fingerprint density at radius 1 is 0.966 bits per heavy atom. The summed E-state index contributed by atoms with van der Waals surface area (Å²) in [6, 6.07) is -2.89. The van der Waals surface area contributed by atoms with Crippen LogP contribution in [0.1, 0.15) is 93.9 Å². The molecule has 0 aromatic rings. The lowest BCUT2D eigenvalue weighted by Gasteiger charge is -2.41. The number of hydrogen-bond acceptors (Lipinski definition) is 8. The average Bonchev–Trinajstić information content (AvgIpc) is 3.69. The van der Waals surface area contributed by atoms with Crippen molar-refractivity contribution in [3.05, 3.63) is 61.3 Å². The lowest BCUT2D eigenvalue weighted by molar-refractivity contribution is -0.148. The van der Waals surface area contributed by atoms with Crippen LogP contribution in [-0.2, 0) is 28.7 Å². The summed E-state index contributed by atoms with van der Waals surface area (Å²) < 4.78 is 12.1. The molecule has 4 amide bonds. The van der Waals surface area contributed by atoms with E-state index < -0.39 is 48.3 Å². The maximum atomic E-state index is 14.3. The van der Waals surface area contributed by atoms with Gasteiger partial charge in [0.25, 0.3) is 0 Å². The van der Waals surface area contributed by atoms with E-state index in [9.17, 15) is 19.2 Å². The number of carbonyl (C=O) groups is 4. The number of likely N-dealkylation sites (N-methyl/N-ethyl adjacent to an activating group) is 2. The van der Waals surface area contributed by atoms with Crippen LogP contribution in [0.2, 0.25) is 0 Å². The van der Waals surface area contributed by atoms with Gasteiger partial charge in [0.05, 0.1) is 54.8 Å². The zero-order chi connectivity index (χ0) is 44.4. The lowest BCUT2D eigenvalue weighted by Crippen LogP contribution is -2.59. The number of nitrogens with one attached hydrogen (secondary N) is 2. The summed E-state index contributed by atoms with van der Waals surface area (Å²) >= 11 is 0. The maximum absolute atomic E-state index is 14.3. The second kappa shape index (κ2) is 25.8. The third kappa shape index (κ3) is 13.7. The number of amides is 4. The van der Waals surface area contributed by atoms with E-state index in [1.165, 1.54) is 0 Å². The molecule has 2 aliphatic rings. The van der Waals surface area contributed by atoms with Crippen LogP contribution in [0.3, 0.4) is 0 Å². The van der Waals surface area contributed by atoms with Crippen LogP contribution in [0.15, 0.2) is 61.3 Å². The minimum atomic E-state index is -0.757. The Kier molecular flexibility index (Phi) is 23.3. The smallest absolute Gasteiger partial charge is 0.245 e. The molecule has 5 unspecified atom stereocenters. The molecular weight excluding hydrogens is 733 g/mol. The van der Waals surface area contributed by atoms with Crippen molar-refractivity contribution in [1.82, 2.24) is 25.3 Å². The number of carbonyl (C=O) groups excluding carboxylic acids is 4. The molecule has 1 fully saturated rings. The Morgan fingerprint density at radius 2 is 1.59 bits per heavy atom. The third-order valence-electron chi connectivity index (χ3n) is 11.9. The number of rotatable bonds is 22. The Bertz CT molecular complexity index is 1420. The first-order valence-electron chi connectivity index (χ1n) is 21.2. The second-order valence-electron chi connectivity index (χ2n) is 16.7. The van der Waals surface area contributed by atoms with E-state index in [2.05, 4.69) is 56.4 Å². The van der Waals surface area contributed by atoms with E-state index in [0.29, 0.717) is 13.0 Å². The first-order valence-corrected chi connectivity index (χ1v) is 21.2. The highest BCUT2D eigenvalue weighted by molar-refractivity contribution is 5.90. The number of allylic oxidation sites excluding steroid dienone is 3. The maximum Gasteiger partial charge on any atom is 0.245 e. The third-order valence-corrected chi connectivity index (χ3v) is 11.9. The molecule has 12 nitrogen and oxygen atoms in total. The van der Waals surface area contributed by atoms with E-state index in [1.54, 1.807) is 32.2 Å². The van der Waals surface area contributed by atoms with E-state index in [0.717, 1.165) is 36.8 Å². The van der Waals surface area contributed by atoms with Crippen LogP contribution in [0.4, 0.5) is 0 Å². The Hall–Kier alpha value is -3.58. The summed E-state index contributed by atoms with van der Waals surface area (Å²) in [5.74, 6) is -1.51. The van der Waals surface area contributed by atoms with Crippen LogP contribution in [0, 0.1) is 23.7 Å². The highest BCUT2D eigenvalue weighted by Gasteiger charge is 2.43. The summed E-state index contributed by atoms with van der Waals surface area (Å²) in [4.78, 5) is 61.5. The summed E-state index contributed by atoms with van der Waals surface area (Å²) in [7, 11) is 8.63. The fourth-order valence-electron chi connectivity index (χ4n) is 8.57. The molecule has 12 heteroatoms. The first kappa shape index (κ1) is 52.4. The van der Waals surface area contributed by atoms with Crippen molar-refractivity contribution in [2.24, 2.45) is 29.4 Å². The van der Waals surface area contributed by atoms with Crippen LogP contribution >= 0.6 is 0 Å². The van der Waals surface area contributed by atoms with Gasteiger partial charge in [0.2, 0.25) is 23.6 Å². The fourth-order valence-corrected chi connectivity index (χ4v) is 8.57. The highest BCUT2D eigenvalue weighted by Crippen LogP contribution is 2.30. The van der Waals surface area contributed by atoms with Gasteiger partial charge in [0.1, 0.15) is 6.04 Å². The van der Waals surface area contributed by atoms with Gasteiger partial charge in [-0.2, -0.15) is 0 Å². The van der Waals surface area contributed by atoms with Gasteiger partial charge in [-0.1, -0.05) is 91.8 Å². The fraction of sp³-hybridized carbons (Fsp3) is 0.696. The normalized spacial score (nSPS) is 20.4. The number of hydrogen-bond donors (Lipinski definition) is 3. The molecule has 58 heavy (non-hydrogen) atoms. The van der Waals surface area contributed by atoms with Crippen molar-refractivity contribution >= 4 is 23.6 Å². The van der Waals surface area contributed by atoms with E-state index in [4.69, 9.17) is 15.2 Å². The van der Waals surface area contributed by atoms with Gasteiger partial charge in [-0.15, -0.1) is 13.2 Å². The molecule has 330 valence electrons. The number of nitrogens with two attached hydrogens (primary N) is 1. The molecule has 0 bridgehead atoms. The molecule has 0 aromatic carbocycles. The lowest BCUT2D eigenvalue weighted by atomic mass is 9.88. The first-order chi connectivity index (χ1) is 27.4. The van der Waals surface area contributed by atoms with Gasteiger partial charge < -0.3 is 35.6 Å². The van der Waals surface area contributed by atoms with Gasteiger partial charge >= 0.3 is 0 Å². The predicted molar refractivity (Wildman–Crippen MR) is 237 cm³/mol. The van der Waals surface area contributed by atoms with Crippen LogP contribution < -0.4 is 16.4 Å². The summed E-state index contributed by atoms with van der Waals surface area (Å²) in [6.07, 6.45) is 12.8. The van der Waals surface area contributed by atoms with E-state index in [1.807, 2.05) is 77.6 Å². The minimum absolute atomic E-state index is 0.0166. The Labute approximate surface area is 351 Å². The van der Waals surface area contributed by atoms with Gasteiger partial charge in [0.15, 0.2) is 0 Å². The van der Waals surface area contributed by atoms with Crippen LogP contribution in [-0.4, -0.2) is 129 Å². The Morgan fingerprint density at radius 3 is 2.05 bits per heavy atom. The molecule has 0 saturated carbocycles. The van der Waals surface area contributed by atoms with Gasteiger partial charge in [-0.05, 0) is 75.6 Å². The largest absolute Gasteiger partial charge is 0.379 e. The number of likely N-dealkylation sites (tertiary alicyclic amines) is 1. The minimum Gasteiger partial charge on any atom is -0.379 e. The zero-order valence-corrected chi connectivity index (χ0v) is 38.3. The van der Waals surface area contributed by atoms with Crippen LogP contribution in [0.5, 0.6) is 0 Å². The average molecular weight is 813 g/mol.